The predicted molar refractivity (Wildman–Crippen MR) is 84.0 cm³/mol. The average Bonchev–Trinajstić information content (AvgIpc) is 2.35. The lowest BCUT2D eigenvalue weighted by Gasteiger charge is -2.31. The number of hydrogen-bond acceptors (Lipinski definition) is 2. The minimum Gasteiger partial charge on any atom is -0.391 e. The Balaban J connectivity index is 3.04. The molecule has 0 aliphatic carbocycles. The number of thiocarbonyl (C=S) groups is 1. The van der Waals surface area contributed by atoms with Gasteiger partial charge in [0.1, 0.15) is 0 Å². The van der Waals surface area contributed by atoms with E-state index in [0.29, 0.717) is 28.5 Å². The molecular formula is C13H16Cl2N2OS. The van der Waals surface area contributed by atoms with Crippen LogP contribution in [0.25, 0.3) is 0 Å². The summed E-state index contributed by atoms with van der Waals surface area (Å²) in [5.41, 5.74) is 5.41. The lowest BCUT2D eigenvalue weighted by atomic mass is 9.92. The first-order valence-electron chi connectivity index (χ1n) is 5.93. The van der Waals surface area contributed by atoms with Gasteiger partial charge in [0.2, 0.25) is 0 Å². The summed E-state index contributed by atoms with van der Waals surface area (Å²) in [4.78, 5) is 12.5. The lowest BCUT2D eigenvalue weighted by molar-refractivity contribution is 0.0920. The van der Waals surface area contributed by atoms with Crippen LogP contribution >= 0.6 is 35.4 Å². The third-order valence-electron chi connectivity index (χ3n) is 3.21. The summed E-state index contributed by atoms with van der Waals surface area (Å²) in [6.45, 7) is 3.85. The number of nitrogens with one attached hydrogen (secondary N) is 1. The predicted octanol–water partition coefficient (Wildman–Crippen LogP) is 3.57. The molecule has 3 nitrogen and oxygen atoms in total. The van der Waals surface area contributed by atoms with Crippen molar-refractivity contribution in [3.05, 3.63) is 33.8 Å². The van der Waals surface area contributed by atoms with Crippen LogP contribution in [0.15, 0.2) is 18.2 Å². The van der Waals surface area contributed by atoms with Gasteiger partial charge in [0.15, 0.2) is 0 Å². The molecule has 0 heterocycles. The highest BCUT2D eigenvalue weighted by Gasteiger charge is 2.32. The number of rotatable bonds is 5. The molecule has 1 amide bonds. The van der Waals surface area contributed by atoms with Crippen molar-refractivity contribution in [2.45, 2.75) is 32.2 Å². The Bertz CT molecular complexity index is 501. The molecule has 0 unspecified atom stereocenters. The van der Waals surface area contributed by atoms with E-state index in [2.05, 4.69) is 5.32 Å². The van der Waals surface area contributed by atoms with Crippen LogP contribution in [-0.2, 0) is 0 Å². The van der Waals surface area contributed by atoms with Gasteiger partial charge in [-0.15, -0.1) is 0 Å². The quantitative estimate of drug-likeness (QED) is 0.816. The van der Waals surface area contributed by atoms with E-state index in [1.807, 2.05) is 13.8 Å². The first kappa shape index (κ1) is 16.2. The largest absolute Gasteiger partial charge is 0.391 e. The summed E-state index contributed by atoms with van der Waals surface area (Å²) in [5, 5.41) is 3.65. The molecule has 0 spiro atoms. The zero-order valence-corrected chi connectivity index (χ0v) is 13.1. The van der Waals surface area contributed by atoms with Gasteiger partial charge < -0.3 is 11.1 Å². The third kappa shape index (κ3) is 3.59. The van der Waals surface area contributed by atoms with Crippen molar-refractivity contribution in [3.63, 3.8) is 0 Å². The second-order valence-corrected chi connectivity index (χ2v) is 5.52. The average molecular weight is 319 g/mol. The van der Waals surface area contributed by atoms with Gasteiger partial charge in [-0.2, -0.15) is 0 Å². The first-order valence-corrected chi connectivity index (χ1v) is 7.10. The Morgan fingerprint density at radius 3 is 2.37 bits per heavy atom. The zero-order chi connectivity index (χ0) is 14.6. The SMILES string of the molecule is CCC(CC)(NC(=O)c1ccc(Cl)cc1Cl)C(N)=S. The van der Waals surface area contributed by atoms with Gasteiger partial charge in [-0.1, -0.05) is 49.3 Å². The molecule has 0 bridgehead atoms. The third-order valence-corrected chi connectivity index (χ3v) is 4.15. The number of halogens is 2. The molecule has 0 radical (unpaired) electrons. The van der Waals surface area contributed by atoms with Gasteiger partial charge in [0, 0.05) is 5.02 Å². The second-order valence-electron chi connectivity index (χ2n) is 4.23. The zero-order valence-electron chi connectivity index (χ0n) is 10.8. The number of carbonyl (C=O) groups is 1. The molecular weight excluding hydrogens is 303 g/mol. The van der Waals surface area contributed by atoms with Gasteiger partial charge in [-0.25, -0.2) is 0 Å². The molecule has 1 aromatic carbocycles. The summed E-state index contributed by atoms with van der Waals surface area (Å²) < 4.78 is 0. The number of amides is 1. The Hall–Kier alpha value is -0.840. The van der Waals surface area contributed by atoms with E-state index in [1.54, 1.807) is 12.1 Å². The van der Waals surface area contributed by atoms with Gasteiger partial charge in [0.25, 0.3) is 5.91 Å². The normalized spacial score (nSPS) is 11.2. The van der Waals surface area contributed by atoms with Crippen LogP contribution in [0.2, 0.25) is 10.0 Å². The van der Waals surface area contributed by atoms with E-state index in [1.165, 1.54) is 6.07 Å². The fraction of sp³-hybridized carbons (Fsp3) is 0.385. The monoisotopic (exact) mass is 318 g/mol. The maximum Gasteiger partial charge on any atom is 0.253 e. The molecule has 6 heteroatoms. The molecule has 1 aromatic rings. The smallest absolute Gasteiger partial charge is 0.253 e. The lowest BCUT2D eigenvalue weighted by Crippen LogP contribution is -2.56. The second kappa shape index (κ2) is 6.55. The molecule has 3 N–H and O–H groups in total. The fourth-order valence-corrected chi connectivity index (χ4v) is 2.63. The Labute approximate surface area is 128 Å². The minimum absolute atomic E-state index is 0.274. The van der Waals surface area contributed by atoms with Crippen molar-refractivity contribution >= 4 is 46.3 Å². The molecule has 0 aliphatic rings. The molecule has 1 rings (SSSR count). The number of benzene rings is 1. The molecule has 0 aromatic heterocycles. The van der Waals surface area contributed by atoms with E-state index < -0.39 is 5.54 Å². The van der Waals surface area contributed by atoms with E-state index >= 15 is 0 Å². The van der Waals surface area contributed by atoms with Crippen molar-refractivity contribution in [2.75, 3.05) is 0 Å². The molecule has 0 atom stereocenters. The Morgan fingerprint density at radius 2 is 1.95 bits per heavy atom. The van der Waals surface area contributed by atoms with Crippen LogP contribution < -0.4 is 11.1 Å². The summed E-state index contributed by atoms with van der Waals surface area (Å²) in [6, 6.07) is 4.72. The van der Waals surface area contributed by atoms with E-state index in [-0.39, 0.29) is 10.9 Å². The van der Waals surface area contributed by atoms with E-state index in [0.717, 1.165) is 0 Å². The van der Waals surface area contributed by atoms with Gasteiger partial charge in [-0.3, -0.25) is 4.79 Å². The van der Waals surface area contributed by atoms with Crippen molar-refractivity contribution < 1.29 is 4.79 Å². The Morgan fingerprint density at radius 1 is 1.37 bits per heavy atom. The summed E-state index contributed by atoms with van der Waals surface area (Å²) in [6.07, 6.45) is 1.24. The number of hydrogen-bond donors (Lipinski definition) is 2. The summed E-state index contributed by atoms with van der Waals surface area (Å²) in [5.74, 6) is -0.307. The number of nitrogens with two attached hydrogens (primary N) is 1. The first-order chi connectivity index (χ1) is 8.86. The van der Waals surface area contributed by atoms with Crippen molar-refractivity contribution in [3.8, 4) is 0 Å². The van der Waals surface area contributed by atoms with E-state index in [9.17, 15) is 4.79 Å². The van der Waals surface area contributed by atoms with Crippen LogP contribution in [0.1, 0.15) is 37.0 Å². The highest BCUT2D eigenvalue weighted by Crippen LogP contribution is 2.23. The Kier molecular flexibility index (Phi) is 5.59. The topological polar surface area (TPSA) is 55.1 Å². The molecule has 0 saturated heterocycles. The van der Waals surface area contributed by atoms with Crippen LogP contribution in [-0.4, -0.2) is 16.4 Å². The van der Waals surface area contributed by atoms with Crippen molar-refractivity contribution in [1.82, 2.24) is 5.32 Å². The van der Waals surface area contributed by atoms with Crippen molar-refractivity contribution in [1.29, 1.82) is 0 Å². The van der Waals surface area contributed by atoms with E-state index in [4.69, 9.17) is 41.2 Å². The van der Waals surface area contributed by atoms with Gasteiger partial charge >= 0.3 is 0 Å². The summed E-state index contributed by atoms with van der Waals surface area (Å²) in [7, 11) is 0. The molecule has 0 aliphatic heterocycles. The molecule has 104 valence electrons. The van der Waals surface area contributed by atoms with Gasteiger partial charge in [0.05, 0.1) is 21.1 Å². The fourth-order valence-electron chi connectivity index (χ4n) is 1.80. The van der Waals surface area contributed by atoms with Crippen LogP contribution in [0.3, 0.4) is 0 Å². The van der Waals surface area contributed by atoms with Gasteiger partial charge in [-0.05, 0) is 31.0 Å². The maximum absolute atomic E-state index is 12.3. The summed E-state index contributed by atoms with van der Waals surface area (Å²) >= 11 is 16.9. The van der Waals surface area contributed by atoms with Crippen molar-refractivity contribution in [2.24, 2.45) is 5.73 Å². The maximum atomic E-state index is 12.3. The van der Waals surface area contributed by atoms with Crippen LogP contribution in [0, 0.1) is 0 Å². The molecule has 0 fully saturated rings. The highest BCUT2D eigenvalue weighted by atomic mass is 35.5. The number of carbonyl (C=O) groups excluding carboxylic acids is 1. The molecule has 0 saturated carbocycles. The molecule has 19 heavy (non-hydrogen) atoms. The van der Waals surface area contributed by atoms with Crippen LogP contribution in [0.5, 0.6) is 0 Å². The van der Waals surface area contributed by atoms with Crippen LogP contribution in [0.4, 0.5) is 0 Å². The standard InChI is InChI=1S/C13H16Cl2N2OS/c1-3-13(4-2,12(16)19)17-11(18)9-6-5-8(14)7-10(9)15/h5-7H,3-4H2,1-2H3,(H2,16,19)(H,17,18). The highest BCUT2D eigenvalue weighted by molar-refractivity contribution is 7.80. The minimum atomic E-state index is -0.685.